The smallest absolute Gasteiger partial charge is 0.399 e. The molecule has 0 unspecified atom stereocenters. The number of alkyl halides is 3. The number of allylic oxidation sites excluding steroid dienone is 2. The SMILES string of the molecule is CC.CN=C(/C=C(\C)CC(=O)Cc1ccc(-c2cnc3cc(CCCC4CCOCC4)c(OC)cc3c2)cc1F)C1(C(F)(F)F)CC1.[HH]. The molecule has 1 saturated heterocycles. The molecule has 0 bridgehead atoms. The van der Waals surface area contributed by atoms with Crippen molar-refractivity contribution in [2.75, 3.05) is 27.4 Å². The summed E-state index contributed by atoms with van der Waals surface area (Å²) in [6, 6.07) is 10.7. The zero-order valence-electron chi connectivity index (χ0n) is 28.1. The number of halogens is 4. The Bertz CT molecular complexity index is 1610. The molecule has 0 radical (unpaired) electrons. The van der Waals surface area contributed by atoms with Crippen LogP contribution in [0.2, 0.25) is 0 Å². The molecular weight excluding hydrogens is 608 g/mol. The standard InChI is InChI=1S/C36H40F4N2O3.C2H6.H2/c1-23(16-34(41-2)35(11-12-35)36(38,39)40)15-30(43)18-26-8-7-25(19-31(26)37)29-17-28-21-33(44-3)27(20-32(28)42-22-29)6-4-5-24-9-13-45-14-10-24;1-2;/h7-8,16-17,19-22,24H,4-6,9-15,18H2,1-3H3;1-2H3;1H/b23-16+,41-34?;;. The topological polar surface area (TPSA) is 60.8 Å². The molecule has 256 valence electrons. The predicted molar refractivity (Wildman–Crippen MR) is 182 cm³/mol. The van der Waals surface area contributed by atoms with E-state index in [4.69, 9.17) is 9.47 Å². The van der Waals surface area contributed by atoms with E-state index in [-0.39, 0.29) is 44.2 Å². The van der Waals surface area contributed by atoms with Gasteiger partial charge in [0, 0.05) is 57.4 Å². The Morgan fingerprint density at radius 2 is 1.83 bits per heavy atom. The maximum absolute atomic E-state index is 15.2. The Morgan fingerprint density at radius 3 is 2.45 bits per heavy atom. The molecule has 2 aliphatic rings. The molecular formula is C38H48F4N2O3. The van der Waals surface area contributed by atoms with Crippen LogP contribution in [0.4, 0.5) is 17.6 Å². The fraction of sp³-hybridized carbons (Fsp3) is 0.500. The summed E-state index contributed by atoms with van der Waals surface area (Å²) in [6.45, 7) is 7.31. The highest BCUT2D eigenvalue weighted by Gasteiger charge is 2.65. The van der Waals surface area contributed by atoms with E-state index >= 15 is 4.39 Å². The molecule has 5 nitrogen and oxygen atoms in total. The minimum Gasteiger partial charge on any atom is -0.496 e. The van der Waals surface area contributed by atoms with Gasteiger partial charge in [-0.15, -0.1) is 0 Å². The maximum Gasteiger partial charge on any atom is 0.399 e. The van der Waals surface area contributed by atoms with Crippen molar-refractivity contribution in [2.45, 2.75) is 84.7 Å². The lowest BCUT2D eigenvalue weighted by molar-refractivity contribution is -0.165. The van der Waals surface area contributed by atoms with Gasteiger partial charge in [-0.1, -0.05) is 31.6 Å². The minimum absolute atomic E-state index is 0. The summed E-state index contributed by atoms with van der Waals surface area (Å²) >= 11 is 0. The van der Waals surface area contributed by atoms with Crippen molar-refractivity contribution >= 4 is 22.4 Å². The van der Waals surface area contributed by atoms with Crippen LogP contribution in [0.15, 0.2) is 59.2 Å². The number of hydrogen-bond acceptors (Lipinski definition) is 5. The Balaban J connectivity index is 0.00000204. The number of fused-ring (bicyclic) bond motifs is 1. The number of Topliss-reactive ketones (excluding diaryl/α,β-unsaturated/α-hetero) is 1. The number of hydrogen-bond donors (Lipinski definition) is 0. The number of methoxy groups -OCH3 is 1. The third kappa shape index (κ3) is 8.86. The summed E-state index contributed by atoms with van der Waals surface area (Å²) in [5.41, 5.74) is 2.04. The number of aliphatic imine (C=N–C) groups is 1. The predicted octanol–water partition coefficient (Wildman–Crippen LogP) is 9.93. The highest BCUT2D eigenvalue weighted by molar-refractivity contribution is 6.03. The van der Waals surface area contributed by atoms with Crippen molar-refractivity contribution in [3.63, 3.8) is 0 Å². The fourth-order valence-corrected chi connectivity index (χ4v) is 6.33. The van der Waals surface area contributed by atoms with E-state index in [1.54, 1.807) is 32.4 Å². The Morgan fingerprint density at radius 1 is 1.11 bits per heavy atom. The van der Waals surface area contributed by atoms with Crippen molar-refractivity contribution in [3.8, 4) is 16.9 Å². The highest BCUT2D eigenvalue weighted by Crippen LogP contribution is 2.59. The largest absolute Gasteiger partial charge is 0.496 e. The van der Waals surface area contributed by atoms with Gasteiger partial charge in [-0.25, -0.2) is 4.39 Å². The second-order valence-corrected chi connectivity index (χ2v) is 12.4. The van der Waals surface area contributed by atoms with Crippen molar-refractivity contribution in [2.24, 2.45) is 16.3 Å². The van der Waals surface area contributed by atoms with E-state index < -0.39 is 17.4 Å². The molecule has 1 aliphatic carbocycles. The van der Waals surface area contributed by atoms with E-state index in [0.717, 1.165) is 73.1 Å². The lowest BCUT2D eigenvalue weighted by Crippen LogP contribution is -2.32. The second kappa shape index (κ2) is 16.0. The van der Waals surface area contributed by atoms with Crippen LogP contribution < -0.4 is 4.74 Å². The van der Waals surface area contributed by atoms with Crippen LogP contribution in [0.3, 0.4) is 0 Å². The number of carbonyl (C=O) groups excluding carboxylic acids is 1. The third-order valence-electron chi connectivity index (χ3n) is 9.14. The molecule has 1 aromatic heterocycles. The quantitative estimate of drug-likeness (QED) is 0.144. The number of rotatable bonds is 12. The van der Waals surface area contributed by atoms with Gasteiger partial charge in [0.25, 0.3) is 0 Å². The van der Waals surface area contributed by atoms with Crippen molar-refractivity contribution < 1.29 is 33.3 Å². The van der Waals surface area contributed by atoms with Crippen LogP contribution in [0, 0.1) is 17.2 Å². The number of aryl methyl sites for hydroxylation is 1. The van der Waals surface area contributed by atoms with Crippen molar-refractivity contribution in [1.29, 1.82) is 0 Å². The van der Waals surface area contributed by atoms with Gasteiger partial charge < -0.3 is 9.47 Å². The number of ketones is 1. The lowest BCUT2D eigenvalue weighted by atomic mass is 9.92. The summed E-state index contributed by atoms with van der Waals surface area (Å²) in [5, 5.41) is 0.882. The van der Waals surface area contributed by atoms with E-state index in [1.165, 1.54) is 19.2 Å². The average molecular weight is 657 g/mol. The van der Waals surface area contributed by atoms with Crippen LogP contribution in [0.5, 0.6) is 5.75 Å². The molecule has 9 heteroatoms. The fourth-order valence-electron chi connectivity index (χ4n) is 6.33. The Hall–Kier alpha value is -3.59. The van der Waals surface area contributed by atoms with Crippen LogP contribution in [0.25, 0.3) is 22.0 Å². The number of benzene rings is 2. The first-order chi connectivity index (χ1) is 22.5. The number of ether oxygens (including phenoxy) is 2. The van der Waals surface area contributed by atoms with Crippen LogP contribution in [-0.4, -0.2) is 50.0 Å². The van der Waals surface area contributed by atoms with Crippen LogP contribution in [0.1, 0.15) is 78.3 Å². The Labute approximate surface area is 277 Å². The normalized spacial score (nSPS) is 16.9. The van der Waals surface area contributed by atoms with Gasteiger partial charge in [-0.2, -0.15) is 13.2 Å². The molecule has 2 aromatic carbocycles. The summed E-state index contributed by atoms with van der Waals surface area (Å²) < 4.78 is 66.9. The van der Waals surface area contributed by atoms with Gasteiger partial charge in [-0.05, 0) is 105 Å². The van der Waals surface area contributed by atoms with Gasteiger partial charge >= 0.3 is 6.18 Å². The van der Waals surface area contributed by atoms with Crippen LogP contribution >= 0.6 is 0 Å². The molecule has 0 N–H and O–H groups in total. The zero-order chi connectivity index (χ0) is 34.2. The van der Waals surface area contributed by atoms with E-state index in [0.29, 0.717) is 17.1 Å². The molecule has 1 aliphatic heterocycles. The molecule has 0 amide bonds. The molecule has 2 heterocycles. The van der Waals surface area contributed by atoms with Crippen molar-refractivity contribution in [1.82, 2.24) is 4.98 Å². The van der Waals surface area contributed by atoms with Gasteiger partial charge in [0.1, 0.15) is 22.8 Å². The van der Waals surface area contributed by atoms with Gasteiger partial charge in [0.15, 0.2) is 0 Å². The molecule has 3 aromatic rings. The van der Waals surface area contributed by atoms with Gasteiger partial charge in [0.05, 0.1) is 12.6 Å². The average Bonchev–Trinajstić information content (AvgIpc) is 3.88. The molecule has 0 atom stereocenters. The number of pyridine rings is 1. The van der Waals surface area contributed by atoms with E-state index in [1.807, 2.05) is 26.0 Å². The summed E-state index contributed by atoms with van der Waals surface area (Å²) in [5.74, 6) is 0.712. The summed E-state index contributed by atoms with van der Waals surface area (Å²) in [7, 11) is 2.99. The lowest BCUT2D eigenvalue weighted by Gasteiger charge is -2.22. The number of carbonyl (C=O) groups is 1. The zero-order valence-corrected chi connectivity index (χ0v) is 28.1. The van der Waals surface area contributed by atoms with E-state index in [9.17, 15) is 18.0 Å². The summed E-state index contributed by atoms with van der Waals surface area (Å²) in [6.07, 6.45) is 3.83. The minimum atomic E-state index is -4.38. The van der Waals surface area contributed by atoms with Crippen LogP contribution in [-0.2, 0) is 22.4 Å². The second-order valence-electron chi connectivity index (χ2n) is 12.4. The first-order valence-electron chi connectivity index (χ1n) is 16.6. The van der Waals surface area contributed by atoms with Gasteiger partial charge in [-0.3, -0.25) is 14.8 Å². The molecule has 0 spiro atoms. The first-order valence-corrected chi connectivity index (χ1v) is 16.6. The first kappa shape index (κ1) is 36.2. The van der Waals surface area contributed by atoms with Crippen molar-refractivity contribution in [3.05, 3.63) is 71.2 Å². The number of aromatic nitrogens is 1. The molecule has 5 rings (SSSR count). The van der Waals surface area contributed by atoms with E-state index in [2.05, 4.69) is 16.0 Å². The maximum atomic E-state index is 15.2. The molecule has 1 saturated carbocycles. The highest BCUT2D eigenvalue weighted by atomic mass is 19.4. The summed E-state index contributed by atoms with van der Waals surface area (Å²) in [4.78, 5) is 21.3. The molecule has 2 fully saturated rings. The third-order valence-corrected chi connectivity index (χ3v) is 9.14. The Kier molecular flexibility index (Phi) is 12.3. The molecule has 47 heavy (non-hydrogen) atoms. The van der Waals surface area contributed by atoms with Gasteiger partial charge in [0.2, 0.25) is 0 Å². The monoisotopic (exact) mass is 656 g/mol. The number of nitrogens with zero attached hydrogens (tertiary/aromatic N) is 2.